The van der Waals surface area contributed by atoms with Crippen LogP contribution in [0.4, 0.5) is 5.69 Å². The number of aryl methyl sites for hydroxylation is 3. The Bertz CT molecular complexity index is 1010. The van der Waals surface area contributed by atoms with E-state index in [2.05, 4.69) is 10.0 Å². The maximum absolute atomic E-state index is 12.8. The molecule has 2 aromatic carbocycles. The Balaban J connectivity index is 1.96. The summed E-state index contributed by atoms with van der Waals surface area (Å²) in [5.74, 6) is -0.491. The van der Waals surface area contributed by atoms with Crippen LogP contribution in [0, 0.1) is 20.8 Å². The molecule has 0 aliphatic heterocycles. The van der Waals surface area contributed by atoms with Crippen LogP contribution in [0.5, 0.6) is 0 Å². The molecular weight excluding hydrogens is 407 g/mol. The Hall–Kier alpha value is -1.60. The molecule has 1 aliphatic rings. The summed E-state index contributed by atoms with van der Waals surface area (Å²) >= 11 is 12.3. The van der Waals surface area contributed by atoms with Crippen molar-refractivity contribution in [3.8, 4) is 0 Å². The molecule has 8 heteroatoms. The van der Waals surface area contributed by atoms with Gasteiger partial charge in [0.25, 0.3) is 5.91 Å². The van der Waals surface area contributed by atoms with E-state index >= 15 is 0 Å². The molecule has 1 saturated carbocycles. The average molecular weight is 427 g/mol. The van der Waals surface area contributed by atoms with Crippen LogP contribution in [0.1, 0.15) is 39.9 Å². The van der Waals surface area contributed by atoms with Gasteiger partial charge in [0, 0.05) is 11.7 Å². The zero-order chi connectivity index (χ0) is 19.9. The van der Waals surface area contributed by atoms with E-state index in [1.165, 1.54) is 12.1 Å². The third-order valence-electron chi connectivity index (χ3n) is 4.37. The summed E-state index contributed by atoms with van der Waals surface area (Å²) < 4.78 is 27.6. The average Bonchev–Trinajstić information content (AvgIpc) is 3.33. The van der Waals surface area contributed by atoms with Crippen molar-refractivity contribution in [1.29, 1.82) is 0 Å². The Labute approximate surface area is 169 Å². The van der Waals surface area contributed by atoms with Gasteiger partial charge in [0.1, 0.15) is 4.90 Å². The first-order valence-corrected chi connectivity index (χ1v) is 10.7. The third-order valence-corrected chi connectivity index (χ3v) is 6.67. The minimum Gasteiger partial charge on any atom is -0.321 e. The Kier molecular flexibility index (Phi) is 5.54. The first-order valence-electron chi connectivity index (χ1n) is 8.49. The summed E-state index contributed by atoms with van der Waals surface area (Å²) in [7, 11) is -3.82. The van der Waals surface area contributed by atoms with Crippen LogP contribution in [-0.2, 0) is 10.0 Å². The molecule has 1 amide bonds. The smallest absolute Gasteiger partial charge is 0.257 e. The fourth-order valence-electron chi connectivity index (χ4n) is 2.95. The Morgan fingerprint density at radius 2 is 1.59 bits per heavy atom. The second-order valence-corrected chi connectivity index (χ2v) is 9.38. The second-order valence-electron chi connectivity index (χ2n) is 6.89. The lowest BCUT2D eigenvalue weighted by Gasteiger charge is -2.15. The molecule has 1 aliphatic carbocycles. The van der Waals surface area contributed by atoms with Crippen molar-refractivity contribution in [2.45, 2.75) is 44.6 Å². The highest BCUT2D eigenvalue weighted by Gasteiger charge is 2.30. The van der Waals surface area contributed by atoms with Crippen molar-refractivity contribution in [3.63, 3.8) is 0 Å². The van der Waals surface area contributed by atoms with Gasteiger partial charge < -0.3 is 5.32 Å². The minimum absolute atomic E-state index is 0.0209. The van der Waals surface area contributed by atoms with Crippen molar-refractivity contribution < 1.29 is 13.2 Å². The third kappa shape index (κ3) is 4.46. The lowest BCUT2D eigenvalue weighted by Crippen LogP contribution is -2.26. The number of nitrogens with one attached hydrogen (secondary N) is 2. The normalized spacial score (nSPS) is 14.3. The van der Waals surface area contributed by atoms with Gasteiger partial charge in [-0.3, -0.25) is 4.79 Å². The van der Waals surface area contributed by atoms with Gasteiger partial charge in [-0.15, -0.1) is 0 Å². The molecule has 5 nitrogen and oxygen atoms in total. The van der Waals surface area contributed by atoms with E-state index in [-0.39, 0.29) is 26.5 Å². The molecule has 0 radical (unpaired) electrons. The fraction of sp³-hybridized carbons (Fsp3) is 0.316. The van der Waals surface area contributed by atoms with Crippen LogP contribution in [0.2, 0.25) is 10.0 Å². The Morgan fingerprint density at radius 1 is 1.00 bits per heavy atom. The first kappa shape index (κ1) is 20.1. The first-order chi connectivity index (χ1) is 12.6. The molecule has 27 heavy (non-hydrogen) atoms. The van der Waals surface area contributed by atoms with Crippen LogP contribution in [0.3, 0.4) is 0 Å². The molecule has 0 saturated heterocycles. The molecule has 2 aromatic rings. The predicted molar refractivity (Wildman–Crippen MR) is 108 cm³/mol. The predicted octanol–water partition coefficient (Wildman–Crippen LogP) is 4.61. The number of sulfonamides is 1. The van der Waals surface area contributed by atoms with E-state index in [4.69, 9.17) is 23.2 Å². The van der Waals surface area contributed by atoms with Gasteiger partial charge in [0.2, 0.25) is 10.0 Å². The monoisotopic (exact) mass is 426 g/mol. The van der Waals surface area contributed by atoms with Crippen LogP contribution >= 0.6 is 23.2 Å². The highest BCUT2D eigenvalue weighted by molar-refractivity contribution is 7.89. The van der Waals surface area contributed by atoms with Crippen molar-refractivity contribution in [2.24, 2.45) is 0 Å². The number of halogens is 2. The van der Waals surface area contributed by atoms with Gasteiger partial charge in [0.05, 0.1) is 15.6 Å². The standard InChI is InChI=1S/C19H20Cl2N2O3S/c1-10-6-11(2)18(12(3)7-10)22-19(24)14-8-17(16(21)9-15(14)20)27(25,26)23-13-4-5-13/h6-9,13,23H,4-5H2,1-3H3,(H,22,24). The highest BCUT2D eigenvalue weighted by Crippen LogP contribution is 2.31. The number of hydrogen-bond donors (Lipinski definition) is 2. The lowest BCUT2D eigenvalue weighted by atomic mass is 10.0. The van der Waals surface area contributed by atoms with E-state index in [0.29, 0.717) is 5.69 Å². The molecule has 1 fully saturated rings. The maximum atomic E-state index is 12.8. The van der Waals surface area contributed by atoms with Crippen molar-refractivity contribution in [2.75, 3.05) is 5.32 Å². The van der Waals surface area contributed by atoms with Gasteiger partial charge in [-0.25, -0.2) is 13.1 Å². The number of carbonyl (C=O) groups excluding carboxylic acids is 1. The second kappa shape index (κ2) is 7.43. The molecule has 144 valence electrons. The maximum Gasteiger partial charge on any atom is 0.257 e. The summed E-state index contributed by atoms with van der Waals surface area (Å²) in [4.78, 5) is 12.6. The lowest BCUT2D eigenvalue weighted by molar-refractivity contribution is 0.102. The van der Waals surface area contributed by atoms with Gasteiger partial charge in [-0.1, -0.05) is 40.9 Å². The molecule has 0 atom stereocenters. The summed E-state index contributed by atoms with van der Waals surface area (Å²) in [6.45, 7) is 5.77. The minimum atomic E-state index is -3.82. The molecule has 0 heterocycles. The largest absolute Gasteiger partial charge is 0.321 e. The SMILES string of the molecule is Cc1cc(C)c(NC(=O)c2cc(S(=O)(=O)NC3CC3)c(Cl)cc2Cl)c(C)c1. The number of anilines is 1. The molecule has 0 spiro atoms. The number of benzene rings is 2. The molecule has 0 unspecified atom stereocenters. The molecule has 0 aromatic heterocycles. The quantitative estimate of drug-likeness (QED) is 0.732. The summed E-state index contributed by atoms with van der Waals surface area (Å²) in [5, 5.41) is 2.90. The van der Waals surface area contributed by atoms with Gasteiger partial charge in [0.15, 0.2) is 0 Å². The van der Waals surface area contributed by atoms with Crippen LogP contribution < -0.4 is 10.0 Å². The number of rotatable bonds is 5. The van der Waals surface area contributed by atoms with Crippen LogP contribution in [0.15, 0.2) is 29.2 Å². The van der Waals surface area contributed by atoms with Crippen LogP contribution in [-0.4, -0.2) is 20.4 Å². The van der Waals surface area contributed by atoms with Gasteiger partial charge in [-0.2, -0.15) is 0 Å². The summed E-state index contributed by atoms with van der Waals surface area (Å²) in [6, 6.07) is 6.36. The highest BCUT2D eigenvalue weighted by atomic mass is 35.5. The van der Waals surface area contributed by atoms with Crippen LogP contribution in [0.25, 0.3) is 0 Å². The van der Waals surface area contributed by atoms with E-state index in [9.17, 15) is 13.2 Å². The zero-order valence-corrected chi connectivity index (χ0v) is 17.5. The topological polar surface area (TPSA) is 75.3 Å². The number of hydrogen-bond acceptors (Lipinski definition) is 3. The van der Waals surface area contributed by atoms with E-state index in [1.54, 1.807) is 0 Å². The summed E-state index contributed by atoms with van der Waals surface area (Å²) in [6.07, 6.45) is 1.59. The molecule has 2 N–H and O–H groups in total. The Morgan fingerprint density at radius 3 is 2.15 bits per heavy atom. The van der Waals surface area contributed by atoms with E-state index in [1.807, 2.05) is 32.9 Å². The molecule has 0 bridgehead atoms. The molecule has 3 rings (SSSR count). The van der Waals surface area contributed by atoms with Crippen molar-refractivity contribution >= 4 is 44.8 Å². The summed E-state index contributed by atoms with van der Waals surface area (Å²) in [5.41, 5.74) is 3.64. The number of carbonyl (C=O) groups is 1. The van der Waals surface area contributed by atoms with Gasteiger partial charge >= 0.3 is 0 Å². The number of amides is 1. The van der Waals surface area contributed by atoms with Crippen molar-refractivity contribution in [3.05, 3.63) is 56.6 Å². The fourth-order valence-corrected chi connectivity index (χ4v) is 5.12. The van der Waals surface area contributed by atoms with Crippen molar-refractivity contribution in [1.82, 2.24) is 4.72 Å². The zero-order valence-electron chi connectivity index (χ0n) is 15.2. The van der Waals surface area contributed by atoms with Gasteiger partial charge in [-0.05, 0) is 56.9 Å². The molecular formula is C19H20Cl2N2O3S. The van der Waals surface area contributed by atoms with E-state index < -0.39 is 15.9 Å². The van der Waals surface area contributed by atoms with E-state index in [0.717, 1.165) is 29.5 Å².